The molecule has 1 heterocycles. The first-order chi connectivity index (χ1) is 9.02. The summed E-state index contributed by atoms with van der Waals surface area (Å²) in [6.07, 6.45) is 1.11. The molecule has 2 N–H and O–H groups in total. The van der Waals surface area contributed by atoms with Crippen molar-refractivity contribution in [2.75, 3.05) is 32.8 Å². The predicted molar refractivity (Wildman–Crippen MR) is 72.9 cm³/mol. The zero-order valence-electron chi connectivity index (χ0n) is 12.1. The van der Waals surface area contributed by atoms with Crippen LogP contribution in [-0.2, 0) is 9.53 Å². The molecule has 1 unspecified atom stereocenters. The summed E-state index contributed by atoms with van der Waals surface area (Å²) in [4.78, 5) is 24.9. The maximum Gasteiger partial charge on any atom is 0.325 e. The zero-order chi connectivity index (χ0) is 14.3. The van der Waals surface area contributed by atoms with Crippen molar-refractivity contribution < 1.29 is 14.3 Å². The zero-order valence-corrected chi connectivity index (χ0v) is 12.1. The molecule has 1 saturated heterocycles. The van der Waals surface area contributed by atoms with E-state index in [0.29, 0.717) is 25.1 Å². The van der Waals surface area contributed by atoms with Gasteiger partial charge in [0.1, 0.15) is 6.54 Å². The third-order valence-corrected chi connectivity index (χ3v) is 3.30. The fraction of sp³-hybridized carbons (Fsp3) is 0.846. The third kappa shape index (κ3) is 5.92. The van der Waals surface area contributed by atoms with Gasteiger partial charge in [0.05, 0.1) is 6.61 Å². The van der Waals surface area contributed by atoms with E-state index in [9.17, 15) is 9.59 Å². The number of carbonyl (C=O) groups is 2. The average molecular weight is 271 g/mol. The summed E-state index contributed by atoms with van der Waals surface area (Å²) in [5.41, 5.74) is 0. The van der Waals surface area contributed by atoms with Crippen molar-refractivity contribution in [3.63, 3.8) is 0 Å². The number of rotatable bonds is 6. The molecule has 0 bridgehead atoms. The number of urea groups is 1. The van der Waals surface area contributed by atoms with Crippen molar-refractivity contribution in [1.82, 2.24) is 15.5 Å². The Labute approximate surface area is 114 Å². The van der Waals surface area contributed by atoms with Crippen LogP contribution in [-0.4, -0.2) is 55.7 Å². The van der Waals surface area contributed by atoms with Crippen molar-refractivity contribution in [1.29, 1.82) is 0 Å². The summed E-state index contributed by atoms with van der Waals surface area (Å²) in [7, 11) is 0. The van der Waals surface area contributed by atoms with Crippen LogP contribution in [0.15, 0.2) is 0 Å². The number of hydrogen-bond acceptors (Lipinski definition) is 4. The summed E-state index contributed by atoms with van der Waals surface area (Å²) < 4.78 is 4.72. The van der Waals surface area contributed by atoms with Crippen LogP contribution in [0.25, 0.3) is 0 Å². The highest BCUT2D eigenvalue weighted by atomic mass is 16.5. The number of ether oxygens (including phenoxy) is 1. The topological polar surface area (TPSA) is 70.7 Å². The maximum atomic E-state index is 11.5. The molecular weight excluding hydrogens is 246 g/mol. The van der Waals surface area contributed by atoms with Crippen LogP contribution < -0.4 is 10.6 Å². The second kappa shape index (κ2) is 7.99. The van der Waals surface area contributed by atoms with E-state index in [1.54, 1.807) is 6.92 Å². The normalized spacial score (nSPS) is 19.5. The van der Waals surface area contributed by atoms with E-state index in [1.165, 1.54) is 0 Å². The standard InChI is InChI=1S/C13H25N3O3/c1-4-19-12(17)8-15-13(18)14-7-11-5-6-16(9-11)10(2)3/h10-11H,4-9H2,1-3H3,(H2,14,15,18). The Bertz CT molecular complexity index is 308. The minimum absolute atomic E-state index is 0.0809. The molecule has 1 aliphatic rings. The van der Waals surface area contributed by atoms with Crippen LogP contribution in [0.2, 0.25) is 0 Å². The minimum Gasteiger partial charge on any atom is -0.465 e. The summed E-state index contributed by atoms with van der Waals surface area (Å²) >= 11 is 0. The van der Waals surface area contributed by atoms with Crippen molar-refractivity contribution >= 4 is 12.0 Å². The lowest BCUT2D eigenvalue weighted by molar-refractivity contribution is -0.141. The molecule has 110 valence electrons. The molecule has 19 heavy (non-hydrogen) atoms. The van der Waals surface area contributed by atoms with E-state index in [-0.39, 0.29) is 12.6 Å². The van der Waals surface area contributed by atoms with Gasteiger partial charge in [0.25, 0.3) is 0 Å². The Morgan fingerprint density at radius 2 is 2.11 bits per heavy atom. The third-order valence-electron chi connectivity index (χ3n) is 3.30. The van der Waals surface area contributed by atoms with Crippen LogP contribution in [0, 0.1) is 5.92 Å². The van der Waals surface area contributed by atoms with Crippen molar-refractivity contribution in [3.05, 3.63) is 0 Å². The van der Waals surface area contributed by atoms with Crippen molar-refractivity contribution in [2.24, 2.45) is 5.92 Å². The number of nitrogens with zero attached hydrogens (tertiary/aromatic N) is 1. The number of nitrogens with one attached hydrogen (secondary N) is 2. The van der Waals surface area contributed by atoms with E-state index in [2.05, 4.69) is 29.4 Å². The second-order valence-corrected chi connectivity index (χ2v) is 5.11. The largest absolute Gasteiger partial charge is 0.465 e. The number of amides is 2. The molecular formula is C13H25N3O3. The molecule has 0 radical (unpaired) electrons. The van der Waals surface area contributed by atoms with Gasteiger partial charge >= 0.3 is 12.0 Å². The highest BCUT2D eigenvalue weighted by molar-refractivity contribution is 5.80. The van der Waals surface area contributed by atoms with Crippen LogP contribution in [0.3, 0.4) is 0 Å². The highest BCUT2D eigenvalue weighted by Crippen LogP contribution is 2.17. The minimum atomic E-state index is -0.413. The quantitative estimate of drug-likeness (QED) is 0.693. The Morgan fingerprint density at radius 1 is 1.37 bits per heavy atom. The lowest BCUT2D eigenvalue weighted by Crippen LogP contribution is -2.41. The van der Waals surface area contributed by atoms with Gasteiger partial charge in [-0.1, -0.05) is 0 Å². The summed E-state index contributed by atoms with van der Waals surface area (Å²) in [6.45, 7) is 9.11. The van der Waals surface area contributed by atoms with Crippen LogP contribution >= 0.6 is 0 Å². The Hall–Kier alpha value is -1.30. The van der Waals surface area contributed by atoms with Gasteiger partial charge in [-0.3, -0.25) is 4.79 Å². The first-order valence-electron chi connectivity index (χ1n) is 6.94. The molecule has 2 amide bonds. The lowest BCUT2D eigenvalue weighted by atomic mass is 10.1. The number of likely N-dealkylation sites (tertiary alicyclic amines) is 1. The Balaban J connectivity index is 2.12. The van der Waals surface area contributed by atoms with Gasteiger partial charge in [0.2, 0.25) is 0 Å². The number of hydrogen-bond donors (Lipinski definition) is 2. The molecule has 6 heteroatoms. The van der Waals surface area contributed by atoms with Crippen LogP contribution in [0.1, 0.15) is 27.2 Å². The molecule has 0 saturated carbocycles. The van der Waals surface area contributed by atoms with E-state index in [1.807, 2.05) is 0 Å². The van der Waals surface area contributed by atoms with E-state index < -0.39 is 5.97 Å². The molecule has 1 rings (SSSR count). The first kappa shape index (κ1) is 15.8. The van der Waals surface area contributed by atoms with Gasteiger partial charge in [-0.25, -0.2) is 4.79 Å². The monoisotopic (exact) mass is 271 g/mol. The van der Waals surface area contributed by atoms with Crippen LogP contribution in [0.5, 0.6) is 0 Å². The molecule has 0 aromatic carbocycles. The van der Waals surface area contributed by atoms with Gasteiger partial charge in [-0.15, -0.1) is 0 Å². The summed E-state index contributed by atoms with van der Waals surface area (Å²) in [5.74, 6) is 0.0836. The predicted octanol–water partition coefficient (Wildman–Crippen LogP) is 0.579. The Morgan fingerprint density at radius 3 is 2.68 bits per heavy atom. The van der Waals surface area contributed by atoms with Gasteiger partial charge in [-0.2, -0.15) is 0 Å². The summed E-state index contributed by atoms with van der Waals surface area (Å²) in [5, 5.41) is 5.28. The molecule has 0 aromatic heterocycles. The van der Waals surface area contributed by atoms with Gasteiger partial charge in [0.15, 0.2) is 0 Å². The molecule has 1 aliphatic heterocycles. The van der Waals surface area contributed by atoms with Gasteiger partial charge < -0.3 is 20.3 Å². The Kier molecular flexibility index (Phi) is 6.62. The first-order valence-corrected chi connectivity index (χ1v) is 6.94. The SMILES string of the molecule is CCOC(=O)CNC(=O)NCC1CCN(C(C)C)C1. The maximum absolute atomic E-state index is 11.5. The smallest absolute Gasteiger partial charge is 0.325 e. The van der Waals surface area contributed by atoms with Gasteiger partial charge in [0, 0.05) is 19.1 Å². The number of carbonyl (C=O) groups excluding carboxylic acids is 2. The van der Waals surface area contributed by atoms with E-state index in [4.69, 9.17) is 4.74 Å². The fourth-order valence-electron chi connectivity index (χ4n) is 2.16. The second-order valence-electron chi connectivity index (χ2n) is 5.11. The van der Waals surface area contributed by atoms with E-state index in [0.717, 1.165) is 19.5 Å². The molecule has 1 atom stereocenters. The molecule has 0 aromatic rings. The molecule has 0 aliphatic carbocycles. The van der Waals surface area contributed by atoms with Crippen molar-refractivity contribution in [2.45, 2.75) is 33.2 Å². The number of esters is 1. The summed E-state index contributed by atoms with van der Waals surface area (Å²) in [6, 6.07) is 0.249. The average Bonchev–Trinajstić information content (AvgIpc) is 2.83. The lowest BCUT2D eigenvalue weighted by Gasteiger charge is -2.20. The van der Waals surface area contributed by atoms with Crippen LogP contribution in [0.4, 0.5) is 4.79 Å². The van der Waals surface area contributed by atoms with Gasteiger partial charge in [-0.05, 0) is 39.7 Å². The molecule has 0 spiro atoms. The van der Waals surface area contributed by atoms with Crippen molar-refractivity contribution in [3.8, 4) is 0 Å². The highest BCUT2D eigenvalue weighted by Gasteiger charge is 2.24. The van der Waals surface area contributed by atoms with E-state index >= 15 is 0 Å². The molecule has 6 nitrogen and oxygen atoms in total. The fourth-order valence-corrected chi connectivity index (χ4v) is 2.16. The molecule has 1 fully saturated rings.